The Morgan fingerprint density at radius 1 is 1.18 bits per heavy atom. The Labute approximate surface area is 102 Å². The predicted molar refractivity (Wildman–Crippen MR) is 59.7 cm³/mol. The lowest BCUT2D eigenvalue weighted by atomic mass is 10.0. The molecular weight excluding hydrogens is 248 g/mol. The van der Waals surface area contributed by atoms with Crippen molar-refractivity contribution in [2.75, 3.05) is 0 Å². The highest BCUT2D eigenvalue weighted by atomic mass is 35.5. The Balaban J connectivity index is 2.39. The number of halogens is 3. The van der Waals surface area contributed by atoms with Crippen molar-refractivity contribution in [2.24, 2.45) is 0 Å². The number of pyridine rings is 1. The molecule has 1 atom stereocenters. The Bertz CT molecular complexity index is 531. The lowest BCUT2D eigenvalue weighted by Gasteiger charge is -2.12. The summed E-state index contributed by atoms with van der Waals surface area (Å²) in [6, 6.07) is 5.89. The second-order valence-corrected chi connectivity index (χ2v) is 3.87. The van der Waals surface area contributed by atoms with Gasteiger partial charge in [0.05, 0.1) is 0 Å². The number of aromatic nitrogens is 1. The summed E-state index contributed by atoms with van der Waals surface area (Å²) in [6.07, 6.45) is 0.0487. The molecule has 0 spiro atoms. The summed E-state index contributed by atoms with van der Waals surface area (Å²) in [5.41, 5.74) is 0.216. The summed E-state index contributed by atoms with van der Waals surface area (Å²) >= 11 is 5.59. The number of rotatable bonds is 2. The standard InChI is InChI=1S/C12H8ClF2NO/c13-11-4-1-7(6-16-11)12(17)9-5-8(14)2-3-10(9)15/h1-6,12,17H. The van der Waals surface area contributed by atoms with Crippen LogP contribution in [0.4, 0.5) is 8.78 Å². The quantitative estimate of drug-likeness (QED) is 0.837. The van der Waals surface area contributed by atoms with Crippen LogP contribution in [-0.2, 0) is 0 Å². The average molecular weight is 256 g/mol. The fourth-order valence-electron chi connectivity index (χ4n) is 1.45. The van der Waals surface area contributed by atoms with E-state index in [9.17, 15) is 13.9 Å². The molecule has 2 nitrogen and oxygen atoms in total. The topological polar surface area (TPSA) is 33.1 Å². The zero-order chi connectivity index (χ0) is 12.4. The second kappa shape index (κ2) is 4.77. The molecule has 2 aromatic rings. The van der Waals surface area contributed by atoms with Crippen LogP contribution in [0.25, 0.3) is 0 Å². The van der Waals surface area contributed by atoms with Crippen molar-refractivity contribution >= 4 is 11.6 Å². The Morgan fingerprint density at radius 3 is 2.59 bits per heavy atom. The third kappa shape index (κ3) is 2.60. The van der Waals surface area contributed by atoms with Crippen molar-refractivity contribution in [1.82, 2.24) is 4.98 Å². The van der Waals surface area contributed by atoms with Gasteiger partial charge in [0.25, 0.3) is 0 Å². The summed E-state index contributed by atoms with van der Waals surface area (Å²) in [7, 11) is 0. The van der Waals surface area contributed by atoms with Gasteiger partial charge in [-0.25, -0.2) is 13.8 Å². The molecule has 1 N–H and O–H groups in total. The van der Waals surface area contributed by atoms with Crippen LogP contribution in [-0.4, -0.2) is 10.1 Å². The van der Waals surface area contributed by atoms with Crippen LogP contribution >= 0.6 is 11.6 Å². The third-order valence-corrected chi connectivity index (χ3v) is 2.54. The van der Waals surface area contributed by atoms with Gasteiger partial charge in [0, 0.05) is 17.3 Å². The maximum absolute atomic E-state index is 13.4. The summed E-state index contributed by atoms with van der Waals surface area (Å²) in [6.45, 7) is 0. The molecule has 88 valence electrons. The van der Waals surface area contributed by atoms with Gasteiger partial charge in [-0.15, -0.1) is 0 Å². The highest BCUT2D eigenvalue weighted by Gasteiger charge is 2.16. The number of benzene rings is 1. The molecule has 0 saturated heterocycles. The highest BCUT2D eigenvalue weighted by molar-refractivity contribution is 6.29. The van der Waals surface area contributed by atoms with Crippen molar-refractivity contribution in [2.45, 2.75) is 6.10 Å². The van der Waals surface area contributed by atoms with Crippen LogP contribution in [0.2, 0.25) is 5.15 Å². The molecule has 1 aromatic heterocycles. The molecule has 0 aliphatic heterocycles. The van der Waals surface area contributed by atoms with Crippen LogP contribution in [0.5, 0.6) is 0 Å². The number of hydrogen-bond acceptors (Lipinski definition) is 2. The minimum atomic E-state index is -1.27. The van der Waals surface area contributed by atoms with Gasteiger partial charge in [-0.2, -0.15) is 0 Å². The van der Waals surface area contributed by atoms with Crippen molar-refractivity contribution < 1.29 is 13.9 Å². The minimum Gasteiger partial charge on any atom is -0.383 e. The van der Waals surface area contributed by atoms with Crippen molar-refractivity contribution in [3.8, 4) is 0 Å². The lowest BCUT2D eigenvalue weighted by molar-refractivity contribution is 0.214. The molecule has 0 saturated carbocycles. The van der Waals surface area contributed by atoms with Crippen LogP contribution in [0.3, 0.4) is 0 Å². The fraction of sp³-hybridized carbons (Fsp3) is 0.0833. The van der Waals surface area contributed by atoms with Gasteiger partial charge in [0.2, 0.25) is 0 Å². The summed E-state index contributed by atoms with van der Waals surface area (Å²) in [5, 5.41) is 10.2. The van der Waals surface area contributed by atoms with Gasteiger partial charge in [-0.3, -0.25) is 0 Å². The van der Waals surface area contributed by atoms with E-state index in [1.807, 2.05) is 0 Å². The van der Waals surface area contributed by atoms with Gasteiger partial charge < -0.3 is 5.11 Å². The normalized spacial score (nSPS) is 12.5. The van der Waals surface area contributed by atoms with Gasteiger partial charge in [-0.1, -0.05) is 17.7 Å². The smallest absolute Gasteiger partial charge is 0.129 e. The minimum absolute atomic E-state index is 0.130. The largest absolute Gasteiger partial charge is 0.383 e. The summed E-state index contributed by atoms with van der Waals surface area (Å²) < 4.78 is 26.4. The van der Waals surface area contributed by atoms with Crippen molar-refractivity contribution in [3.63, 3.8) is 0 Å². The molecule has 0 aliphatic rings. The van der Waals surface area contributed by atoms with E-state index in [1.165, 1.54) is 18.3 Å². The van der Waals surface area contributed by atoms with Gasteiger partial charge in [0.15, 0.2) is 0 Å². The molecule has 0 bridgehead atoms. The fourth-order valence-corrected chi connectivity index (χ4v) is 1.56. The number of aliphatic hydroxyl groups excluding tert-OH is 1. The Morgan fingerprint density at radius 2 is 1.94 bits per heavy atom. The Hall–Kier alpha value is -1.52. The van der Waals surface area contributed by atoms with Gasteiger partial charge >= 0.3 is 0 Å². The maximum atomic E-state index is 13.4. The second-order valence-electron chi connectivity index (χ2n) is 3.48. The molecule has 5 heteroatoms. The van der Waals surface area contributed by atoms with E-state index in [4.69, 9.17) is 11.6 Å². The predicted octanol–water partition coefficient (Wildman–Crippen LogP) is 3.09. The molecule has 0 fully saturated rings. The third-order valence-electron chi connectivity index (χ3n) is 2.32. The summed E-state index contributed by atoms with van der Waals surface area (Å²) in [5.74, 6) is -1.28. The maximum Gasteiger partial charge on any atom is 0.129 e. The zero-order valence-electron chi connectivity index (χ0n) is 8.57. The molecule has 2 rings (SSSR count). The first-order valence-electron chi connectivity index (χ1n) is 4.82. The molecule has 1 aromatic carbocycles. The van der Waals surface area contributed by atoms with Crippen LogP contribution < -0.4 is 0 Å². The molecule has 17 heavy (non-hydrogen) atoms. The molecule has 1 unspecified atom stereocenters. The number of nitrogens with zero attached hydrogens (tertiary/aromatic N) is 1. The van der Waals surface area contributed by atoms with E-state index in [1.54, 1.807) is 0 Å². The van der Waals surface area contributed by atoms with E-state index in [0.717, 1.165) is 18.2 Å². The zero-order valence-corrected chi connectivity index (χ0v) is 9.33. The Kier molecular flexibility index (Phi) is 3.36. The monoisotopic (exact) mass is 255 g/mol. The van der Waals surface area contributed by atoms with Crippen LogP contribution in [0.1, 0.15) is 17.2 Å². The lowest BCUT2D eigenvalue weighted by Crippen LogP contribution is -2.03. The van der Waals surface area contributed by atoms with E-state index in [-0.39, 0.29) is 10.7 Å². The number of hydrogen-bond donors (Lipinski definition) is 1. The first-order valence-corrected chi connectivity index (χ1v) is 5.20. The molecule has 0 radical (unpaired) electrons. The molecule has 1 heterocycles. The number of aliphatic hydroxyl groups is 1. The molecular formula is C12H8ClF2NO. The van der Waals surface area contributed by atoms with Gasteiger partial charge in [0.1, 0.15) is 22.9 Å². The average Bonchev–Trinajstić information content (AvgIpc) is 2.32. The van der Waals surface area contributed by atoms with E-state index < -0.39 is 17.7 Å². The van der Waals surface area contributed by atoms with Crippen molar-refractivity contribution in [3.05, 3.63) is 64.4 Å². The van der Waals surface area contributed by atoms with Gasteiger partial charge in [-0.05, 0) is 24.3 Å². The van der Waals surface area contributed by atoms with E-state index in [0.29, 0.717) is 5.56 Å². The van der Waals surface area contributed by atoms with Crippen LogP contribution in [0.15, 0.2) is 36.5 Å². The first kappa shape index (κ1) is 12.0. The molecule has 0 amide bonds. The van der Waals surface area contributed by atoms with Crippen molar-refractivity contribution in [1.29, 1.82) is 0 Å². The SMILES string of the molecule is OC(c1ccc(Cl)nc1)c1cc(F)ccc1F. The highest BCUT2D eigenvalue weighted by Crippen LogP contribution is 2.25. The van der Waals surface area contributed by atoms with Crippen LogP contribution in [0, 0.1) is 11.6 Å². The van der Waals surface area contributed by atoms with E-state index in [2.05, 4.69) is 4.98 Å². The van der Waals surface area contributed by atoms with E-state index >= 15 is 0 Å². The first-order chi connectivity index (χ1) is 8.08. The summed E-state index contributed by atoms with van der Waals surface area (Å²) in [4.78, 5) is 3.77. The molecule has 0 aliphatic carbocycles.